The normalized spacial score (nSPS) is 10.4. The van der Waals surface area contributed by atoms with E-state index in [1.807, 2.05) is 54.8 Å². The second kappa shape index (κ2) is 9.93. The lowest BCUT2D eigenvalue weighted by atomic mass is 10.1. The van der Waals surface area contributed by atoms with Crippen LogP contribution in [-0.2, 0) is 11.2 Å². The molecule has 0 fully saturated rings. The molecule has 3 rings (SSSR count). The van der Waals surface area contributed by atoms with Crippen molar-refractivity contribution in [2.45, 2.75) is 19.8 Å². The topological polar surface area (TPSA) is 69.7 Å². The fraction of sp³-hybridized carbons (Fsp3) is 0.273. The number of methoxy groups -OCH3 is 2. The predicted octanol–water partition coefficient (Wildman–Crippen LogP) is 4.80. The lowest BCUT2D eigenvalue weighted by Gasteiger charge is -2.08. The van der Waals surface area contributed by atoms with Crippen LogP contribution in [0.1, 0.15) is 18.9 Å². The van der Waals surface area contributed by atoms with Crippen LogP contribution >= 0.6 is 11.3 Å². The highest BCUT2D eigenvalue weighted by molar-refractivity contribution is 7.14. The molecular formula is C22H24N2O4S. The molecule has 3 aromatic rings. The van der Waals surface area contributed by atoms with Crippen LogP contribution in [-0.4, -0.2) is 31.7 Å². The van der Waals surface area contributed by atoms with Crippen molar-refractivity contribution in [3.8, 4) is 28.5 Å². The fourth-order valence-corrected chi connectivity index (χ4v) is 3.55. The van der Waals surface area contributed by atoms with Gasteiger partial charge in [0.15, 0.2) is 16.6 Å². The van der Waals surface area contributed by atoms with Crippen LogP contribution < -0.4 is 19.5 Å². The second-order valence-corrected chi connectivity index (χ2v) is 7.09. The molecular weight excluding hydrogens is 388 g/mol. The minimum absolute atomic E-state index is 0.0629. The summed E-state index contributed by atoms with van der Waals surface area (Å²) in [6, 6.07) is 13.4. The van der Waals surface area contributed by atoms with Gasteiger partial charge in [-0.3, -0.25) is 4.79 Å². The zero-order chi connectivity index (χ0) is 20.6. The summed E-state index contributed by atoms with van der Waals surface area (Å²) in [5.41, 5.74) is 2.76. The van der Waals surface area contributed by atoms with Crippen molar-refractivity contribution in [2.75, 3.05) is 26.1 Å². The number of thiazole rings is 1. The molecule has 0 saturated carbocycles. The zero-order valence-corrected chi connectivity index (χ0v) is 17.5. The molecule has 152 valence electrons. The minimum atomic E-state index is -0.0629. The minimum Gasteiger partial charge on any atom is -0.494 e. The Labute approximate surface area is 174 Å². The first-order chi connectivity index (χ1) is 14.1. The Morgan fingerprint density at radius 2 is 1.83 bits per heavy atom. The maximum absolute atomic E-state index is 12.3. The van der Waals surface area contributed by atoms with E-state index in [-0.39, 0.29) is 5.91 Å². The standard InChI is InChI=1S/C22H24N2O4S/c1-4-28-17-9-5-15(6-10-17)7-12-21(25)24-22-23-18(14-29-22)16-8-11-19(26-2)20(13-16)27-3/h5-6,8-11,13-14H,4,7,12H2,1-3H3,(H,23,24,25). The van der Waals surface area contributed by atoms with Gasteiger partial charge in [0.05, 0.1) is 26.5 Å². The van der Waals surface area contributed by atoms with E-state index in [9.17, 15) is 4.79 Å². The van der Waals surface area contributed by atoms with Crippen molar-refractivity contribution in [2.24, 2.45) is 0 Å². The molecule has 1 heterocycles. The molecule has 7 heteroatoms. The van der Waals surface area contributed by atoms with Gasteiger partial charge in [-0.05, 0) is 49.2 Å². The number of aryl methyl sites for hydroxylation is 1. The predicted molar refractivity (Wildman–Crippen MR) is 115 cm³/mol. The first-order valence-corrected chi connectivity index (χ1v) is 10.2. The molecule has 0 unspecified atom stereocenters. The van der Waals surface area contributed by atoms with Gasteiger partial charge in [0.2, 0.25) is 5.91 Å². The average Bonchev–Trinajstić information content (AvgIpc) is 3.21. The lowest BCUT2D eigenvalue weighted by Crippen LogP contribution is -2.12. The summed E-state index contributed by atoms with van der Waals surface area (Å²) in [5.74, 6) is 2.08. The van der Waals surface area contributed by atoms with Crippen molar-refractivity contribution >= 4 is 22.4 Å². The number of aromatic nitrogens is 1. The molecule has 1 aromatic heterocycles. The number of nitrogens with one attached hydrogen (secondary N) is 1. The summed E-state index contributed by atoms with van der Waals surface area (Å²) < 4.78 is 16.0. The molecule has 0 radical (unpaired) electrons. The van der Waals surface area contributed by atoms with Crippen molar-refractivity contribution < 1.29 is 19.0 Å². The number of ether oxygens (including phenoxy) is 3. The van der Waals surface area contributed by atoms with E-state index in [1.165, 1.54) is 11.3 Å². The Hall–Kier alpha value is -3.06. The molecule has 0 bridgehead atoms. The van der Waals surface area contributed by atoms with Gasteiger partial charge < -0.3 is 19.5 Å². The molecule has 0 aliphatic heterocycles. The van der Waals surface area contributed by atoms with Crippen molar-refractivity contribution in [3.63, 3.8) is 0 Å². The maximum atomic E-state index is 12.3. The Morgan fingerprint density at radius 3 is 2.52 bits per heavy atom. The second-order valence-electron chi connectivity index (χ2n) is 6.23. The Morgan fingerprint density at radius 1 is 1.07 bits per heavy atom. The number of rotatable bonds is 9. The first kappa shape index (κ1) is 20.7. The molecule has 1 N–H and O–H groups in total. The molecule has 0 atom stereocenters. The molecule has 2 aromatic carbocycles. The molecule has 0 saturated heterocycles. The van der Waals surface area contributed by atoms with E-state index in [2.05, 4.69) is 10.3 Å². The molecule has 29 heavy (non-hydrogen) atoms. The van der Waals surface area contributed by atoms with E-state index in [4.69, 9.17) is 14.2 Å². The SMILES string of the molecule is CCOc1ccc(CCC(=O)Nc2nc(-c3ccc(OC)c(OC)c3)cs2)cc1. The lowest BCUT2D eigenvalue weighted by molar-refractivity contribution is -0.116. The van der Waals surface area contributed by atoms with Crippen molar-refractivity contribution in [1.29, 1.82) is 0 Å². The van der Waals surface area contributed by atoms with E-state index in [0.29, 0.717) is 36.1 Å². The summed E-state index contributed by atoms with van der Waals surface area (Å²) in [7, 11) is 3.19. The van der Waals surface area contributed by atoms with Gasteiger partial charge in [-0.1, -0.05) is 12.1 Å². The molecule has 0 spiro atoms. The fourth-order valence-electron chi connectivity index (χ4n) is 2.82. The van der Waals surface area contributed by atoms with E-state index < -0.39 is 0 Å². The molecule has 6 nitrogen and oxygen atoms in total. The van der Waals surface area contributed by atoms with Crippen molar-refractivity contribution in [3.05, 3.63) is 53.4 Å². The maximum Gasteiger partial charge on any atom is 0.226 e. The number of hydrogen-bond donors (Lipinski definition) is 1. The highest BCUT2D eigenvalue weighted by Gasteiger charge is 2.11. The van der Waals surface area contributed by atoms with Crippen LogP contribution in [0.15, 0.2) is 47.8 Å². The number of carbonyl (C=O) groups is 1. The monoisotopic (exact) mass is 412 g/mol. The highest BCUT2D eigenvalue weighted by Crippen LogP contribution is 2.33. The Bertz CT molecular complexity index is 954. The molecule has 0 aliphatic rings. The number of hydrogen-bond acceptors (Lipinski definition) is 6. The van der Waals surface area contributed by atoms with Gasteiger partial charge >= 0.3 is 0 Å². The van der Waals surface area contributed by atoms with Crippen LogP contribution in [0, 0.1) is 0 Å². The average molecular weight is 413 g/mol. The first-order valence-electron chi connectivity index (χ1n) is 9.32. The van der Waals surface area contributed by atoms with Crippen LogP contribution in [0.25, 0.3) is 11.3 Å². The largest absolute Gasteiger partial charge is 0.494 e. The smallest absolute Gasteiger partial charge is 0.226 e. The van der Waals surface area contributed by atoms with Gasteiger partial charge in [-0.2, -0.15) is 0 Å². The molecule has 0 aliphatic carbocycles. The quantitative estimate of drug-likeness (QED) is 0.547. The van der Waals surface area contributed by atoms with Crippen LogP contribution in [0.5, 0.6) is 17.2 Å². The van der Waals surface area contributed by atoms with Gasteiger partial charge in [0, 0.05) is 17.4 Å². The van der Waals surface area contributed by atoms with E-state index in [0.717, 1.165) is 22.6 Å². The third kappa shape index (κ3) is 5.48. The van der Waals surface area contributed by atoms with Gasteiger partial charge in [0.1, 0.15) is 5.75 Å². The van der Waals surface area contributed by atoms with Crippen LogP contribution in [0.3, 0.4) is 0 Å². The highest BCUT2D eigenvalue weighted by atomic mass is 32.1. The number of nitrogens with zero attached hydrogens (tertiary/aromatic N) is 1. The number of carbonyl (C=O) groups excluding carboxylic acids is 1. The third-order valence-corrected chi connectivity index (χ3v) is 5.06. The number of anilines is 1. The van der Waals surface area contributed by atoms with Crippen molar-refractivity contribution in [1.82, 2.24) is 4.98 Å². The summed E-state index contributed by atoms with van der Waals surface area (Å²) in [6.07, 6.45) is 1.05. The summed E-state index contributed by atoms with van der Waals surface area (Å²) in [4.78, 5) is 16.8. The zero-order valence-electron chi connectivity index (χ0n) is 16.7. The Kier molecular flexibility index (Phi) is 7.08. The number of amides is 1. The number of benzene rings is 2. The van der Waals surface area contributed by atoms with E-state index in [1.54, 1.807) is 14.2 Å². The molecule has 1 amide bonds. The van der Waals surface area contributed by atoms with Gasteiger partial charge in [-0.15, -0.1) is 11.3 Å². The Balaban J connectivity index is 1.57. The van der Waals surface area contributed by atoms with Crippen LogP contribution in [0.2, 0.25) is 0 Å². The van der Waals surface area contributed by atoms with Gasteiger partial charge in [0.25, 0.3) is 0 Å². The summed E-state index contributed by atoms with van der Waals surface area (Å²) in [5, 5.41) is 5.35. The van der Waals surface area contributed by atoms with E-state index >= 15 is 0 Å². The summed E-state index contributed by atoms with van der Waals surface area (Å²) >= 11 is 1.39. The van der Waals surface area contributed by atoms with Crippen LogP contribution in [0.4, 0.5) is 5.13 Å². The van der Waals surface area contributed by atoms with Gasteiger partial charge in [-0.25, -0.2) is 4.98 Å². The summed E-state index contributed by atoms with van der Waals surface area (Å²) in [6.45, 7) is 2.59. The third-order valence-electron chi connectivity index (χ3n) is 4.30.